The maximum Gasteiger partial charge on any atom is 0.327 e. The highest BCUT2D eigenvalue weighted by molar-refractivity contribution is 5.85. The van der Waals surface area contributed by atoms with Gasteiger partial charge in [-0.15, -0.1) is 0 Å². The maximum atomic E-state index is 11.0. The van der Waals surface area contributed by atoms with E-state index in [0.29, 0.717) is 29.8 Å². The summed E-state index contributed by atoms with van der Waals surface area (Å²) in [5, 5.41) is 10.4. The van der Waals surface area contributed by atoms with Crippen LogP contribution in [0.3, 0.4) is 0 Å². The predicted molar refractivity (Wildman–Crippen MR) is 111 cm³/mol. The van der Waals surface area contributed by atoms with Gasteiger partial charge in [0.15, 0.2) is 0 Å². The van der Waals surface area contributed by atoms with Crippen molar-refractivity contribution in [1.29, 1.82) is 0 Å². The summed E-state index contributed by atoms with van der Waals surface area (Å²) in [5.74, 6) is 1.06. The van der Waals surface area contributed by atoms with Crippen LogP contribution in [0, 0.1) is 23.2 Å². The number of para-hydroxylation sites is 1. The first kappa shape index (κ1) is 18.0. The number of aromatic nitrogens is 1. The number of aliphatic carboxylic acids is 1. The van der Waals surface area contributed by atoms with Gasteiger partial charge in [-0.3, -0.25) is 4.90 Å². The molecule has 2 aliphatic carbocycles. The van der Waals surface area contributed by atoms with E-state index in [4.69, 9.17) is 5.11 Å². The minimum atomic E-state index is -0.825. The lowest BCUT2D eigenvalue weighted by molar-refractivity contribution is -0.131. The number of carboxylic acids is 1. The molecule has 2 saturated carbocycles. The highest BCUT2D eigenvalue weighted by Gasteiger charge is 2.68. The molecule has 1 aliphatic heterocycles. The van der Waals surface area contributed by atoms with Gasteiger partial charge in [0.05, 0.1) is 6.04 Å². The lowest BCUT2D eigenvalue weighted by Crippen LogP contribution is -2.49. The number of carboxylic acid groups (broad SMARTS) is 1. The Morgan fingerprint density at radius 1 is 1.36 bits per heavy atom. The van der Waals surface area contributed by atoms with Crippen molar-refractivity contribution in [3.8, 4) is 0 Å². The van der Waals surface area contributed by atoms with Crippen LogP contribution in [0.25, 0.3) is 10.9 Å². The Bertz CT molecular complexity index is 959. The molecule has 1 aromatic carbocycles. The zero-order valence-electron chi connectivity index (χ0n) is 17.0. The lowest BCUT2D eigenvalue weighted by atomic mass is 9.68. The summed E-state index contributed by atoms with van der Waals surface area (Å²) in [6.45, 7) is 8.11. The van der Waals surface area contributed by atoms with Crippen LogP contribution >= 0.6 is 0 Å². The average molecular weight is 379 g/mol. The molecule has 0 spiro atoms. The lowest BCUT2D eigenvalue weighted by Gasteiger charge is -2.49. The fourth-order valence-electron chi connectivity index (χ4n) is 6.13. The van der Waals surface area contributed by atoms with Gasteiger partial charge in [0, 0.05) is 35.3 Å². The number of hydrogen-bond donors (Lipinski definition) is 2. The Kier molecular flexibility index (Phi) is 3.99. The van der Waals surface area contributed by atoms with Gasteiger partial charge in [-0.05, 0) is 61.0 Å². The minimum absolute atomic E-state index is 0.166. The maximum absolute atomic E-state index is 11.0. The van der Waals surface area contributed by atoms with Gasteiger partial charge in [-0.25, -0.2) is 4.79 Å². The smallest absolute Gasteiger partial charge is 0.327 e. The number of hydrogen-bond acceptors (Lipinski definition) is 2. The van der Waals surface area contributed by atoms with Gasteiger partial charge in [0.25, 0.3) is 0 Å². The molecule has 2 N–H and O–H groups in total. The Balaban J connectivity index is 1.52. The highest BCUT2D eigenvalue weighted by atomic mass is 16.4. The van der Waals surface area contributed by atoms with Crippen molar-refractivity contribution in [2.24, 2.45) is 23.2 Å². The van der Waals surface area contributed by atoms with E-state index in [9.17, 15) is 4.79 Å². The van der Waals surface area contributed by atoms with Crippen LogP contribution in [0.4, 0.5) is 0 Å². The molecule has 148 valence electrons. The summed E-state index contributed by atoms with van der Waals surface area (Å²) in [4.78, 5) is 17.5. The van der Waals surface area contributed by atoms with Crippen LogP contribution < -0.4 is 0 Å². The number of allylic oxidation sites excluding steroid dienone is 1. The van der Waals surface area contributed by atoms with E-state index in [1.807, 2.05) is 6.08 Å². The van der Waals surface area contributed by atoms with E-state index in [1.54, 1.807) is 0 Å². The van der Waals surface area contributed by atoms with E-state index in [-0.39, 0.29) is 5.41 Å². The van der Waals surface area contributed by atoms with Crippen molar-refractivity contribution < 1.29 is 9.90 Å². The van der Waals surface area contributed by atoms with Crippen molar-refractivity contribution in [3.05, 3.63) is 47.7 Å². The molecular formula is C24H30N2O2. The monoisotopic (exact) mass is 378 g/mol. The van der Waals surface area contributed by atoms with E-state index in [1.165, 1.54) is 28.2 Å². The third-order valence-corrected chi connectivity index (χ3v) is 7.42. The van der Waals surface area contributed by atoms with Gasteiger partial charge in [0.1, 0.15) is 0 Å². The first-order valence-electron chi connectivity index (χ1n) is 10.7. The number of benzene rings is 1. The fraction of sp³-hybridized carbons (Fsp3) is 0.542. The summed E-state index contributed by atoms with van der Waals surface area (Å²) < 4.78 is 0. The van der Waals surface area contributed by atoms with E-state index >= 15 is 0 Å². The minimum Gasteiger partial charge on any atom is -0.478 e. The molecule has 0 saturated heterocycles. The quantitative estimate of drug-likeness (QED) is 0.736. The molecule has 3 aliphatic rings. The van der Waals surface area contributed by atoms with E-state index < -0.39 is 5.97 Å². The standard InChI is InChI=1S/C24H30N2O2/c1-14(2)13-26-15(3)10-17-16-6-4-5-7-20(16)25-22(17)23(26)18-11-24(12-19(18)24)9-8-21(27)28/h4-9,14-15,18-19,23,25H,10-13H2,1-3H3,(H,27,28)/b9-8+. The normalized spacial score (nSPS) is 34.4. The summed E-state index contributed by atoms with van der Waals surface area (Å²) in [6, 6.07) is 9.66. The Labute approximate surface area is 166 Å². The Hall–Kier alpha value is -2.07. The Morgan fingerprint density at radius 2 is 2.14 bits per heavy atom. The van der Waals surface area contributed by atoms with Crippen molar-refractivity contribution in [2.75, 3.05) is 6.54 Å². The first-order valence-corrected chi connectivity index (χ1v) is 10.7. The first-order chi connectivity index (χ1) is 13.4. The molecule has 2 fully saturated rings. The van der Waals surface area contributed by atoms with Crippen LogP contribution in [-0.4, -0.2) is 33.5 Å². The number of rotatable bonds is 5. The van der Waals surface area contributed by atoms with Crippen LogP contribution in [0.1, 0.15) is 50.9 Å². The molecule has 5 atom stereocenters. The van der Waals surface area contributed by atoms with Crippen LogP contribution in [0.15, 0.2) is 36.4 Å². The van der Waals surface area contributed by atoms with Crippen LogP contribution in [0.5, 0.6) is 0 Å². The summed E-state index contributed by atoms with van der Waals surface area (Å²) in [5.41, 5.74) is 4.35. The second-order valence-corrected chi connectivity index (χ2v) is 9.73. The molecule has 2 aromatic rings. The third kappa shape index (κ3) is 2.65. The molecule has 5 unspecified atom stereocenters. The zero-order chi connectivity index (χ0) is 19.6. The topological polar surface area (TPSA) is 56.3 Å². The van der Waals surface area contributed by atoms with Crippen LogP contribution in [-0.2, 0) is 11.2 Å². The van der Waals surface area contributed by atoms with Crippen molar-refractivity contribution in [3.63, 3.8) is 0 Å². The van der Waals surface area contributed by atoms with Gasteiger partial charge in [-0.1, -0.05) is 38.1 Å². The van der Waals surface area contributed by atoms with Crippen molar-refractivity contribution in [1.82, 2.24) is 9.88 Å². The average Bonchev–Trinajstić information content (AvgIpc) is 3.03. The number of nitrogens with one attached hydrogen (secondary N) is 1. The molecule has 0 radical (unpaired) electrons. The molecule has 0 amide bonds. The molecule has 0 bridgehead atoms. The van der Waals surface area contributed by atoms with E-state index in [0.717, 1.165) is 25.8 Å². The molecule has 28 heavy (non-hydrogen) atoms. The predicted octanol–water partition coefficient (Wildman–Crippen LogP) is 4.78. The summed E-state index contributed by atoms with van der Waals surface area (Å²) >= 11 is 0. The molecule has 5 rings (SSSR count). The molecule has 4 heteroatoms. The van der Waals surface area contributed by atoms with Crippen LogP contribution in [0.2, 0.25) is 0 Å². The zero-order valence-corrected chi connectivity index (χ0v) is 17.0. The molecule has 2 heterocycles. The fourth-order valence-corrected chi connectivity index (χ4v) is 6.13. The largest absolute Gasteiger partial charge is 0.478 e. The van der Waals surface area contributed by atoms with Gasteiger partial charge < -0.3 is 10.1 Å². The number of H-pyrrole nitrogens is 1. The van der Waals surface area contributed by atoms with Gasteiger partial charge in [0.2, 0.25) is 0 Å². The second-order valence-electron chi connectivity index (χ2n) is 9.73. The van der Waals surface area contributed by atoms with Gasteiger partial charge >= 0.3 is 5.97 Å². The second kappa shape index (κ2) is 6.21. The number of carbonyl (C=O) groups is 1. The third-order valence-electron chi connectivity index (χ3n) is 7.42. The Morgan fingerprint density at radius 3 is 2.86 bits per heavy atom. The van der Waals surface area contributed by atoms with Gasteiger partial charge in [-0.2, -0.15) is 0 Å². The highest BCUT2D eigenvalue weighted by Crippen LogP contribution is 2.75. The molecular weight excluding hydrogens is 348 g/mol. The number of aromatic amines is 1. The van der Waals surface area contributed by atoms with Crippen molar-refractivity contribution >= 4 is 16.9 Å². The molecule has 1 aromatic heterocycles. The summed E-state index contributed by atoms with van der Waals surface area (Å²) in [6.07, 6.45) is 6.70. The number of fused-ring (bicyclic) bond motifs is 4. The summed E-state index contributed by atoms with van der Waals surface area (Å²) in [7, 11) is 0. The SMILES string of the molecule is CC(C)CN1C(C)Cc2c([nH]c3ccccc23)C1C1CC2(/C=C/C(=O)O)CC12. The van der Waals surface area contributed by atoms with Crippen molar-refractivity contribution in [2.45, 2.75) is 52.1 Å². The number of nitrogens with zero attached hydrogens (tertiary/aromatic N) is 1. The van der Waals surface area contributed by atoms with E-state index in [2.05, 4.69) is 54.9 Å². The molecule has 4 nitrogen and oxygen atoms in total.